The summed E-state index contributed by atoms with van der Waals surface area (Å²) in [5, 5.41) is -0.328. The molecule has 0 heterocycles. The van der Waals surface area contributed by atoms with Crippen LogP contribution in [0.15, 0.2) is 0 Å². The van der Waals surface area contributed by atoms with E-state index in [1.165, 1.54) is 11.8 Å². The van der Waals surface area contributed by atoms with Crippen LogP contribution in [-0.2, 0) is 9.53 Å². The van der Waals surface area contributed by atoms with Gasteiger partial charge in [0.25, 0.3) is 0 Å². The number of hydrogen-bond acceptors (Lipinski definition) is 3. The number of carbonyl (C=O) groups excluding carboxylic acids is 1. The van der Waals surface area contributed by atoms with Crippen LogP contribution in [0.25, 0.3) is 0 Å². The lowest BCUT2D eigenvalue weighted by Crippen LogP contribution is -2.36. The first-order valence-corrected chi connectivity index (χ1v) is 9.14. The highest BCUT2D eigenvalue weighted by Gasteiger charge is 2.56. The van der Waals surface area contributed by atoms with Crippen molar-refractivity contribution < 1.29 is 31.5 Å². The van der Waals surface area contributed by atoms with Crippen molar-refractivity contribution in [3.8, 4) is 0 Å². The molecule has 0 spiro atoms. The van der Waals surface area contributed by atoms with Gasteiger partial charge in [-0.2, -0.15) is 22.0 Å². The van der Waals surface area contributed by atoms with Gasteiger partial charge in [-0.3, -0.25) is 4.79 Å². The van der Waals surface area contributed by atoms with Gasteiger partial charge in [0.1, 0.15) is 10.9 Å². The number of carbonyl (C=O) groups is 1. The lowest BCUT2D eigenvalue weighted by Gasteiger charge is -2.23. The highest BCUT2D eigenvalue weighted by atomic mass is 32.2. The van der Waals surface area contributed by atoms with Crippen LogP contribution in [0.5, 0.6) is 0 Å². The predicted octanol–water partition coefficient (Wildman–Crippen LogP) is 5.99. The zero-order valence-corrected chi connectivity index (χ0v) is 15.5. The van der Waals surface area contributed by atoms with Gasteiger partial charge >= 0.3 is 18.1 Å². The van der Waals surface area contributed by atoms with E-state index in [0.717, 1.165) is 6.42 Å². The molecule has 0 amide bonds. The Morgan fingerprint density at radius 2 is 1.62 bits per heavy atom. The largest absolute Gasteiger partial charge is 0.459 e. The van der Waals surface area contributed by atoms with Crippen molar-refractivity contribution in [2.24, 2.45) is 0 Å². The van der Waals surface area contributed by atoms with Crippen LogP contribution >= 0.6 is 11.8 Å². The first-order valence-electron chi connectivity index (χ1n) is 8.09. The smallest absolute Gasteiger partial charge is 0.453 e. The monoisotopic (exact) mass is 378 g/mol. The summed E-state index contributed by atoms with van der Waals surface area (Å²) in [5.74, 6) is -4.40. The number of unbranched alkanes of at least 4 members (excludes halogenated alkanes) is 2. The third-order valence-electron chi connectivity index (χ3n) is 3.09. The molecule has 0 saturated carbocycles. The first kappa shape index (κ1) is 23.5. The van der Waals surface area contributed by atoms with Crippen molar-refractivity contribution in [3.63, 3.8) is 0 Å². The van der Waals surface area contributed by atoms with Gasteiger partial charge in [0, 0.05) is 6.42 Å². The molecule has 144 valence electrons. The second-order valence-corrected chi connectivity index (χ2v) is 8.01. The third kappa shape index (κ3) is 9.69. The fourth-order valence-electron chi connectivity index (χ4n) is 1.89. The molecule has 0 aromatic carbocycles. The molecule has 1 atom stereocenters. The highest BCUT2D eigenvalue weighted by molar-refractivity contribution is 8.00. The quantitative estimate of drug-likeness (QED) is 0.265. The van der Waals surface area contributed by atoms with Crippen molar-refractivity contribution in [1.82, 2.24) is 0 Å². The summed E-state index contributed by atoms with van der Waals surface area (Å²) in [6, 6.07) is 0. The van der Waals surface area contributed by atoms with Crippen LogP contribution < -0.4 is 0 Å². The van der Waals surface area contributed by atoms with Gasteiger partial charge in [-0.1, -0.05) is 19.8 Å². The summed E-state index contributed by atoms with van der Waals surface area (Å²) in [4.78, 5) is 12.0. The average molecular weight is 378 g/mol. The molecule has 0 fully saturated rings. The van der Waals surface area contributed by atoms with Crippen molar-refractivity contribution >= 4 is 17.7 Å². The molecule has 0 aliphatic carbocycles. The standard InChI is InChI=1S/C16H27F5O2S/c1-5-9-12(13(22)23-14(2,3)4)24-11-8-6-7-10-15(17,18)16(19,20)21/h12H,5-11H2,1-4H3. The van der Waals surface area contributed by atoms with E-state index in [0.29, 0.717) is 18.6 Å². The molecular formula is C16H27F5O2S. The summed E-state index contributed by atoms with van der Waals surface area (Å²) in [7, 11) is 0. The molecule has 0 aromatic rings. The Morgan fingerprint density at radius 1 is 1.04 bits per heavy atom. The van der Waals surface area contributed by atoms with Gasteiger partial charge < -0.3 is 4.74 Å². The Balaban J connectivity index is 4.12. The fourth-order valence-corrected chi connectivity index (χ4v) is 3.13. The first-order chi connectivity index (χ1) is 10.8. The SMILES string of the molecule is CCCC(SCCCCCC(F)(F)C(F)(F)F)C(=O)OC(C)(C)C. The maximum Gasteiger partial charge on any atom is 0.453 e. The van der Waals surface area contributed by atoms with E-state index in [-0.39, 0.29) is 24.1 Å². The Kier molecular flexibility index (Phi) is 9.61. The molecular weight excluding hydrogens is 351 g/mol. The number of thioether (sulfide) groups is 1. The van der Waals surface area contributed by atoms with E-state index in [4.69, 9.17) is 4.74 Å². The molecule has 0 bridgehead atoms. The topological polar surface area (TPSA) is 26.3 Å². The van der Waals surface area contributed by atoms with Crippen LogP contribution in [0.1, 0.15) is 66.2 Å². The van der Waals surface area contributed by atoms with Gasteiger partial charge in [-0.25, -0.2) is 0 Å². The Morgan fingerprint density at radius 3 is 2.08 bits per heavy atom. The summed E-state index contributed by atoms with van der Waals surface area (Å²) in [6.07, 6.45) is -4.66. The minimum atomic E-state index is -5.48. The van der Waals surface area contributed by atoms with E-state index >= 15 is 0 Å². The minimum Gasteiger partial charge on any atom is -0.459 e. The van der Waals surface area contributed by atoms with Crippen molar-refractivity contribution in [2.45, 2.75) is 89.2 Å². The lowest BCUT2D eigenvalue weighted by atomic mass is 10.1. The van der Waals surface area contributed by atoms with Gasteiger partial charge in [0.2, 0.25) is 0 Å². The van der Waals surface area contributed by atoms with Crippen LogP contribution in [-0.4, -0.2) is 34.7 Å². The van der Waals surface area contributed by atoms with E-state index in [1.807, 2.05) is 6.92 Å². The van der Waals surface area contributed by atoms with E-state index in [2.05, 4.69) is 0 Å². The number of hydrogen-bond donors (Lipinski definition) is 0. The number of esters is 1. The van der Waals surface area contributed by atoms with Crippen LogP contribution in [0.3, 0.4) is 0 Å². The Labute approximate surface area is 144 Å². The Hall–Kier alpha value is -0.530. The number of ether oxygens (including phenoxy) is 1. The number of rotatable bonds is 10. The zero-order valence-electron chi connectivity index (χ0n) is 14.6. The normalized spacial score (nSPS) is 14.5. The van der Waals surface area contributed by atoms with Crippen molar-refractivity contribution in [3.05, 3.63) is 0 Å². The van der Waals surface area contributed by atoms with E-state index in [9.17, 15) is 26.7 Å². The Bertz CT molecular complexity index is 378. The molecule has 8 heteroatoms. The molecule has 2 nitrogen and oxygen atoms in total. The van der Waals surface area contributed by atoms with Crippen molar-refractivity contribution in [1.29, 1.82) is 0 Å². The van der Waals surface area contributed by atoms with E-state index < -0.39 is 24.1 Å². The zero-order chi connectivity index (χ0) is 19.0. The summed E-state index contributed by atoms with van der Waals surface area (Å²) >= 11 is 1.37. The summed E-state index contributed by atoms with van der Waals surface area (Å²) in [6.45, 7) is 7.27. The molecule has 0 radical (unpaired) electrons. The van der Waals surface area contributed by atoms with Crippen molar-refractivity contribution in [2.75, 3.05) is 5.75 Å². The third-order valence-corrected chi connectivity index (χ3v) is 4.44. The lowest BCUT2D eigenvalue weighted by molar-refractivity contribution is -0.284. The van der Waals surface area contributed by atoms with Crippen LogP contribution in [0.4, 0.5) is 22.0 Å². The molecule has 1 unspecified atom stereocenters. The molecule has 0 saturated heterocycles. The van der Waals surface area contributed by atoms with E-state index in [1.54, 1.807) is 20.8 Å². The average Bonchev–Trinajstić information content (AvgIpc) is 2.37. The summed E-state index contributed by atoms with van der Waals surface area (Å²) in [5.41, 5.74) is -0.577. The fraction of sp³-hybridized carbons (Fsp3) is 0.938. The molecule has 0 aromatic heterocycles. The minimum absolute atomic E-state index is 0.196. The maximum absolute atomic E-state index is 12.7. The summed E-state index contributed by atoms with van der Waals surface area (Å²) < 4.78 is 66.9. The molecule has 24 heavy (non-hydrogen) atoms. The van der Waals surface area contributed by atoms with Gasteiger partial charge in [0.05, 0.1) is 0 Å². The van der Waals surface area contributed by atoms with Gasteiger partial charge in [-0.05, 0) is 45.8 Å². The number of alkyl halides is 5. The molecule has 0 aliphatic rings. The second-order valence-electron chi connectivity index (χ2n) is 6.69. The second kappa shape index (κ2) is 9.82. The molecule has 0 rings (SSSR count). The predicted molar refractivity (Wildman–Crippen MR) is 86.5 cm³/mol. The maximum atomic E-state index is 12.7. The molecule has 0 N–H and O–H groups in total. The van der Waals surface area contributed by atoms with Crippen LogP contribution in [0.2, 0.25) is 0 Å². The van der Waals surface area contributed by atoms with Gasteiger partial charge in [-0.15, -0.1) is 11.8 Å². The number of halogens is 5. The highest BCUT2D eigenvalue weighted by Crippen LogP contribution is 2.39. The molecule has 0 aliphatic heterocycles. The van der Waals surface area contributed by atoms with Gasteiger partial charge in [0.15, 0.2) is 0 Å². The van der Waals surface area contributed by atoms with Crippen LogP contribution in [0, 0.1) is 0 Å².